The van der Waals surface area contributed by atoms with Crippen molar-refractivity contribution in [3.63, 3.8) is 0 Å². The molecule has 134 valence electrons. The highest BCUT2D eigenvalue weighted by Crippen LogP contribution is 2.18. The van der Waals surface area contributed by atoms with E-state index in [9.17, 15) is 0 Å². The first-order valence-corrected chi connectivity index (χ1v) is 9.44. The van der Waals surface area contributed by atoms with Gasteiger partial charge in [0.15, 0.2) is 0 Å². The minimum Gasteiger partial charge on any atom is -0.0985 e. The fourth-order valence-corrected chi connectivity index (χ4v) is 3.09. The fraction of sp³-hybridized carbons (Fsp3) is 0.111. The minimum atomic E-state index is 1.12. The lowest BCUT2D eigenvalue weighted by molar-refractivity contribution is 1.31. The van der Waals surface area contributed by atoms with E-state index in [-0.39, 0.29) is 0 Å². The van der Waals surface area contributed by atoms with Crippen molar-refractivity contribution in [2.45, 2.75) is 19.8 Å². The van der Waals surface area contributed by atoms with Gasteiger partial charge in [0.25, 0.3) is 0 Å². The van der Waals surface area contributed by atoms with Crippen molar-refractivity contribution >= 4 is 18.2 Å². The predicted octanol–water partition coefficient (Wildman–Crippen LogP) is 7.15. The van der Waals surface area contributed by atoms with E-state index < -0.39 is 0 Å². The molecule has 2 aliphatic carbocycles. The van der Waals surface area contributed by atoms with Gasteiger partial charge in [-0.1, -0.05) is 115 Å². The number of hydrogen-bond donors (Lipinski definition) is 0. The van der Waals surface area contributed by atoms with Crippen LogP contribution in [0.1, 0.15) is 33.4 Å². The second-order valence-corrected chi connectivity index (χ2v) is 6.73. The molecule has 0 fully saturated rings. The number of hydrogen-bond acceptors (Lipinski definition) is 0. The van der Waals surface area contributed by atoms with Crippen molar-refractivity contribution in [1.29, 1.82) is 0 Å². The molecule has 0 saturated carbocycles. The molecule has 0 amide bonds. The van der Waals surface area contributed by atoms with Gasteiger partial charge in [-0.25, -0.2) is 0 Å². The Hall–Kier alpha value is -3.12. The third kappa shape index (κ3) is 5.43. The van der Waals surface area contributed by atoms with E-state index in [1.165, 1.54) is 33.4 Å². The van der Waals surface area contributed by atoms with E-state index in [1.807, 2.05) is 6.08 Å². The summed E-state index contributed by atoms with van der Waals surface area (Å²) in [4.78, 5) is 0. The highest BCUT2D eigenvalue weighted by molar-refractivity contribution is 5.60. The van der Waals surface area contributed by atoms with Crippen LogP contribution in [-0.4, -0.2) is 0 Å². The summed E-state index contributed by atoms with van der Waals surface area (Å²) in [5.41, 5.74) is 8.16. The topological polar surface area (TPSA) is 0 Å². The molecule has 0 atom stereocenters. The van der Waals surface area contributed by atoms with Crippen LogP contribution in [0, 0.1) is 6.92 Å². The second kappa shape index (κ2) is 9.54. The lowest BCUT2D eigenvalue weighted by Gasteiger charge is -1.93. The van der Waals surface area contributed by atoms with Gasteiger partial charge in [-0.3, -0.25) is 0 Å². The molecule has 0 radical (unpaired) electrons. The van der Waals surface area contributed by atoms with Gasteiger partial charge in [0.1, 0.15) is 0 Å². The SMILES string of the molecule is C1=Cc2ccccc2C1.C1=Cc2ccccc2C1.C=Cc1ccc(C)cc1. The van der Waals surface area contributed by atoms with Crippen LogP contribution in [0.5, 0.6) is 0 Å². The van der Waals surface area contributed by atoms with Crippen LogP contribution in [-0.2, 0) is 12.8 Å². The van der Waals surface area contributed by atoms with Crippen LogP contribution in [0.4, 0.5) is 0 Å². The van der Waals surface area contributed by atoms with Crippen molar-refractivity contribution in [2.24, 2.45) is 0 Å². The van der Waals surface area contributed by atoms with E-state index in [0.29, 0.717) is 0 Å². The van der Waals surface area contributed by atoms with Crippen LogP contribution in [0.25, 0.3) is 18.2 Å². The fourth-order valence-electron chi connectivity index (χ4n) is 3.09. The van der Waals surface area contributed by atoms with Crippen LogP contribution in [0.3, 0.4) is 0 Å². The molecule has 27 heavy (non-hydrogen) atoms. The van der Waals surface area contributed by atoms with Gasteiger partial charge in [0.2, 0.25) is 0 Å². The van der Waals surface area contributed by atoms with Crippen molar-refractivity contribution in [1.82, 2.24) is 0 Å². The van der Waals surface area contributed by atoms with Gasteiger partial charge in [-0.05, 0) is 47.6 Å². The average Bonchev–Trinajstić information content (AvgIpc) is 3.39. The largest absolute Gasteiger partial charge is 0.0985 e. The predicted molar refractivity (Wildman–Crippen MR) is 120 cm³/mol. The third-order valence-corrected chi connectivity index (χ3v) is 4.69. The molecule has 0 bridgehead atoms. The van der Waals surface area contributed by atoms with Gasteiger partial charge >= 0.3 is 0 Å². The number of allylic oxidation sites excluding steroid dienone is 2. The van der Waals surface area contributed by atoms with Gasteiger partial charge in [-0.2, -0.15) is 0 Å². The number of fused-ring (bicyclic) bond motifs is 2. The minimum absolute atomic E-state index is 1.12. The van der Waals surface area contributed by atoms with Gasteiger partial charge in [0, 0.05) is 0 Å². The van der Waals surface area contributed by atoms with Gasteiger partial charge in [-0.15, -0.1) is 0 Å². The smallest absolute Gasteiger partial charge is 0.00882 e. The maximum atomic E-state index is 3.66. The Balaban J connectivity index is 0.000000117. The Morgan fingerprint density at radius 3 is 1.59 bits per heavy atom. The third-order valence-electron chi connectivity index (χ3n) is 4.69. The molecule has 0 N–H and O–H groups in total. The Bertz CT molecular complexity index is 884. The van der Waals surface area contributed by atoms with Crippen molar-refractivity contribution < 1.29 is 0 Å². The Morgan fingerprint density at radius 1 is 0.667 bits per heavy atom. The molecule has 3 aromatic carbocycles. The molecule has 0 aliphatic heterocycles. The first-order valence-electron chi connectivity index (χ1n) is 9.44. The van der Waals surface area contributed by atoms with E-state index in [4.69, 9.17) is 0 Å². The summed E-state index contributed by atoms with van der Waals surface area (Å²) in [5, 5.41) is 0. The van der Waals surface area contributed by atoms with Crippen molar-refractivity contribution in [2.75, 3.05) is 0 Å². The van der Waals surface area contributed by atoms with Crippen molar-refractivity contribution in [3.05, 3.63) is 125 Å². The molecule has 0 aromatic heterocycles. The van der Waals surface area contributed by atoms with Crippen LogP contribution >= 0.6 is 0 Å². The van der Waals surface area contributed by atoms with E-state index in [2.05, 4.69) is 111 Å². The quantitative estimate of drug-likeness (QED) is 0.437. The monoisotopic (exact) mass is 350 g/mol. The molecule has 5 rings (SSSR count). The maximum absolute atomic E-state index is 3.66. The zero-order chi connectivity index (χ0) is 18.9. The Kier molecular flexibility index (Phi) is 6.60. The van der Waals surface area contributed by atoms with E-state index in [0.717, 1.165) is 12.8 Å². The molecule has 0 nitrogen and oxygen atoms in total. The second-order valence-electron chi connectivity index (χ2n) is 6.73. The van der Waals surface area contributed by atoms with Crippen LogP contribution in [0.15, 0.2) is 91.5 Å². The van der Waals surface area contributed by atoms with E-state index in [1.54, 1.807) is 0 Å². The highest BCUT2D eigenvalue weighted by atomic mass is 14.1. The zero-order valence-corrected chi connectivity index (χ0v) is 15.9. The molecule has 0 unspecified atom stereocenters. The molecule has 0 heterocycles. The van der Waals surface area contributed by atoms with Crippen LogP contribution < -0.4 is 0 Å². The van der Waals surface area contributed by atoms with E-state index >= 15 is 0 Å². The number of rotatable bonds is 1. The molecule has 3 aromatic rings. The summed E-state index contributed by atoms with van der Waals surface area (Å²) in [6.07, 6.45) is 12.8. The molecule has 0 saturated heterocycles. The molecule has 0 heteroatoms. The maximum Gasteiger partial charge on any atom is -0.00882 e. The first-order chi connectivity index (χ1) is 13.3. The first kappa shape index (κ1) is 18.7. The standard InChI is InChI=1S/2C9H8.C9H10/c2*1-2-5-9-7-3-6-8(9)4-1;1-3-9-6-4-8(2)5-7-9/h2*1-6H,7H2;3-7H,1H2,2H3. The molecular weight excluding hydrogens is 324 g/mol. The van der Waals surface area contributed by atoms with Crippen LogP contribution in [0.2, 0.25) is 0 Å². The molecular formula is C27H26. The summed E-state index contributed by atoms with van der Waals surface area (Å²) in [6.45, 7) is 5.74. The lowest BCUT2D eigenvalue weighted by Crippen LogP contribution is -1.76. The summed E-state index contributed by atoms with van der Waals surface area (Å²) in [5.74, 6) is 0. The van der Waals surface area contributed by atoms with Gasteiger partial charge < -0.3 is 0 Å². The number of aryl methyl sites for hydroxylation is 1. The zero-order valence-electron chi connectivity index (χ0n) is 15.9. The lowest BCUT2D eigenvalue weighted by atomic mass is 10.1. The highest BCUT2D eigenvalue weighted by Gasteiger charge is 2.01. The Morgan fingerprint density at radius 2 is 1.15 bits per heavy atom. The molecule has 0 spiro atoms. The number of benzene rings is 3. The Labute approximate surface area is 163 Å². The summed E-state index contributed by atoms with van der Waals surface area (Å²) in [7, 11) is 0. The normalized spacial score (nSPS) is 12.2. The van der Waals surface area contributed by atoms with Gasteiger partial charge in [0.05, 0.1) is 0 Å². The summed E-state index contributed by atoms with van der Waals surface area (Å²) in [6, 6.07) is 25.3. The van der Waals surface area contributed by atoms with Crippen molar-refractivity contribution in [3.8, 4) is 0 Å². The summed E-state index contributed by atoms with van der Waals surface area (Å²) >= 11 is 0. The molecule has 2 aliphatic rings. The average molecular weight is 351 g/mol. The summed E-state index contributed by atoms with van der Waals surface area (Å²) < 4.78 is 0.